The maximum absolute atomic E-state index is 16.1. The van der Waals surface area contributed by atoms with E-state index in [-0.39, 0.29) is 29.4 Å². The monoisotopic (exact) mass is 634 g/mol. The van der Waals surface area contributed by atoms with E-state index in [2.05, 4.69) is 13.8 Å². The number of amides is 1. The van der Waals surface area contributed by atoms with Gasteiger partial charge in [-0.1, -0.05) is 46.6 Å². The van der Waals surface area contributed by atoms with Gasteiger partial charge in [0.05, 0.1) is 29.9 Å². The third kappa shape index (κ3) is 7.07. The highest BCUT2D eigenvalue weighted by molar-refractivity contribution is 6.07. The van der Waals surface area contributed by atoms with E-state index in [4.69, 9.17) is 14.2 Å². The van der Waals surface area contributed by atoms with Crippen LogP contribution >= 0.6 is 0 Å². The maximum atomic E-state index is 16.1. The third-order valence-corrected chi connectivity index (χ3v) is 9.62. The van der Waals surface area contributed by atoms with Gasteiger partial charge in [0.15, 0.2) is 6.29 Å². The number of rotatable bonds is 16. The first kappa shape index (κ1) is 34.9. The molecule has 4 rings (SSSR count). The number of aromatic hydroxyl groups is 1. The molecule has 1 N–H and O–H groups in total. The SMILES string of the molecule is CCCCOC(OCCCC)C1CCN(c2cc(OC)c([C@@H]3N(c4ccc(C(F)F)cc4O)C(=O)C3(CC)CC)cc2F)CC1. The molecule has 2 aromatic carbocycles. The van der Waals surface area contributed by atoms with Gasteiger partial charge in [0.25, 0.3) is 6.43 Å². The van der Waals surface area contributed by atoms with E-state index in [0.717, 1.165) is 44.6 Å². The van der Waals surface area contributed by atoms with Crippen molar-refractivity contribution in [2.75, 3.05) is 43.2 Å². The van der Waals surface area contributed by atoms with Crippen LogP contribution in [0.15, 0.2) is 30.3 Å². The van der Waals surface area contributed by atoms with Gasteiger partial charge in [0.2, 0.25) is 5.91 Å². The molecule has 2 heterocycles. The van der Waals surface area contributed by atoms with E-state index in [1.54, 1.807) is 6.07 Å². The zero-order valence-electron chi connectivity index (χ0n) is 27.3. The summed E-state index contributed by atoms with van der Waals surface area (Å²) in [6.45, 7) is 10.6. The summed E-state index contributed by atoms with van der Waals surface area (Å²) in [4.78, 5) is 17.1. The predicted octanol–water partition coefficient (Wildman–Crippen LogP) is 8.55. The lowest BCUT2D eigenvalue weighted by atomic mass is 9.64. The highest BCUT2D eigenvalue weighted by atomic mass is 19.3. The van der Waals surface area contributed by atoms with Crippen LogP contribution in [0.4, 0.5) is 24.5 Å². The minimum atomic E-state index is -2.77. The zero-order valence-corrected chi connectivity index (χ0v) is 27.3. The molecule has 1 amide bonds. The zero-order chi connectivity index (χ0) is 32.7. The molecule has 0 aliphatic carbocycles. The largest absolute Gasteiger partial charge is 0.506 e. The summed E-state index contributed by atoms with van der Waals surface area (Å²) in [7, 11) is 1.51. The second-order valence-electron chi connectivity index (χ2n) is 12.2. The summed E-state index contributed by atoms with van der Waals surface area (Å²) in [5, 5.41) is 10.7. The topological polar surface area (TPSA) is 71.5 Å². The van der Waals surface area contributed by atoms with Crippen molar-refractivity contribution in [2.24, 2.45) is 11.3 Å². The van der Waals surface area contributed by atoms with Crippen molar-refractivity contribution in [3.63, 3.8) is 0 Å². The van der Waals surface area contributed by atoms with Crippen molar-refractivity contribution in [3.8, 4) is 11.5 Å². The number of ether oxygens (including phenoxy) is 3. The number of β-lactam (4-membered cyclic amide) rings is 1. The molecule has 0 radical (unpaired) electrons. The van der Waals surface area contributed by atoms with Gasteiger partial charge in [0, 0.05) is 49.4 Å². The second kappa shape index (κ2) is 15.5. The van der Waals surface area contributed by atoms with Crippen LogP contribution in [0.1, 0.15) is 103 Å². The van der Waals surface area contributed by atoms with Crippen LogP contribution in [0, 0.1) is 17.2 Å². The van der Waals surface area contributed by atoms with E-state index in [9.17, 15) is 18.7 Å². The van der Waals surface area contributed by atoms with Gasteiger partial charge in [-0.25, -0.2) is 13.2 Å². The lowest BCUT2D eigenvalue weighted by Gasteiger charge is -2.56. The first-order valence-corrected chi connectivity index (χ1v) is 16.5. The number of nitrogens with zero attached hydrogens (tertiary/aromatic N) is 2. The van der Waals surface area contributed by atoms with Crippen molar-refractivity contribution in [3.05, 3.63) is 47.3 Å². The number of unbranched alkanes of at least 4 members (excludes halogenated alkanes) is 2. The number of alkyl halides is 2. The number of carbonyl (C=O) groups excluding carboxylic acids is 1. The van der Waals surface area contributed by atoms with E-state index in [0.29, 0.717) is 56.1 Å². The van der Waals surface area contributed by atoms with E-state index in [1.165, 1.54) is 30.2 Å². The van der Waals surface area contributed by atoms with E-state index in [1.807, 2.05) is 18.7 Å². The van der Waals surface area contributed by atoms with Crippen molar-refractivity contribution in [1.29, 1.82) is 0 Å². The van der Waals surface area contributed by atoms with Crippen LogP contribution in [-0.2, 0) is 14.3 Å². The molecule has 2 aliphatic heterocycles. The molecule has 0 saturated carbocycles. The van der Waals surface area contributed by atoms with Gasteiger partial charge in [-0.3, -0.25) is 9.69 Å². The average Bonchev–Trinajstić information content (AvgIpc) is 3.04. The molecular formula is C35H49F3N2O5. The number of hydrogen-bond donors (Lipinski definition) is 1. The fraction of sp³-hybridized carbons (Fsp3) is 0.629. The van der Waals surface area contributed by atoms with Crippen molar-refractivity contribution < 1.29 is 37.3 Å². The molecule has 250 valence electrons. The summed E-state index contributed by atoms with van der Waals surface area (Å²) >= 11 is 0. The minimum absolute atomic E-state index is 0.109. The molecule has 0 unspecified atom stereocenters. The fourth-order valence-corrected chi connectivity index (χ4v) is 6.77. The Labute approximate surface area is 265 Å². The quantitative estimate of drug-likeness (QED) is 0.113. The third-order valence-electron chi connectivity index (χ3n) is 9.62. The Hall–Kier alpha value is -2.98. The molecule has 7 nitrogen and oxygen atoms in total. The number of hydrogen-bond acceptors (Lipinski definition) is 6. The molecule has 2 aromatic rings. The van der Waals surface area contributed by atoms with Gasteiger partial charge in [-0.05, 0) is 56.7 Å². The smallest absolute Gasteiger partial charge is 0.263 e. The molecule has 10 heteroatoms. The molecule has 0 spiro atoms. The normalized spacial score (nSPS) is 18.6. The average molecular weight is 635 g/mol. The lowest BCUT2D eigenvalue weighted by molar-refractivity contribution is -0.177. The summed E-state index contributed by atoms with van der Waals surface area (Å²) in [5.74, 6) is -0.469. The molecule has 2 fully saturated rings. The number of benzene rings is 2. The van der Waals surface area contributed by atoms with Crippen LogP contribution in [0.3, 0.4) is 0 Å². The molecule has 45 heavy (non-hydrogen) atoms. The Morgan fingerprint density at radius 3 is 2.09 bits per heavy atom. The Bertz CT molecular complexity index is 1270. The number of anilines is 2. The summed E-state index contributed by atoms with van der Waals surface area (Å²) in [6, 6.07) is 5.95. The summed E-state index contributed by atoms with van der Waals surface area (Å²) in [6.07, 6.45) is 3.55. The predicted molar refractivity (Wildman–Crippen MR) is 170 cm³/mol. The maximum Gasteiger partial charge on any atom is 0.263 e. The highest BCUT2D eigenvalue weighted by Gasteiger charge is 2.60. The fourth-order valence-electron chi connectivity index (χ4n) is 6.77. The van der Waals surface area contributed by atoms with Crippen LogP contribution in [0.5, 0.6) is 11.5 Å². The van der Waals surface area contributed by atoms with Crippen LogP contribution in [-0.4, -0.2) is 50.7 Å². The lowest BCUT2D eigenvalue weighted by Crippen LogP contribution is -2.63. The highest BCUT2D eigenvalue weighted by Crippen LogP contribution is 2.59. The first-order chi connectivity index (χ1) is 21.7. The summed E-state index contributed by atoms with van der Waals surface area (Å²) in [5.41, 5.74) is -0.205. The van der Waals surface area contributed by atoms with Gasteiger partial charge < -0.3 is 24.2 Å². The van der Waals surface area contributed by atoms with Gasteiger partial charge in [-0.15, -0.1) is 0 Å². The van der Waals surface area contributed by atoms with Crippen LogP contribution < -0.4 is 14.5 Å². The molecule has 1 atom stereocenters. The Morgan fingerprint density at radius 1 is 0.956 bits per heavy atom. The summed E-state index contributed by atoms with van der Waals surface area (Å²) < 4.78 is 60.7. The Morgan fingerprint density at radius 2 is 1.58 bits per heavy atom. The molecule has 0 aromatic heterocycles. The van der Waals surface area contributed by atoms with Crippen molar-refractivity contribution >= 4 is 17.3 Å². The van der Waals surface area contributed by atoms with Crippen LogP contribution in [0.2, 0.25) is 0 Å². The van der Waals surface area contributed by atoms with E-state index >= 15 is 4.39 Å². The molecule has 0 bridgehead atoms. The van der Waals surface area contributed by atoms with Crippen LogP contribution in [0.25, 0.3) is 0 Å². The minimum Gasteiger partial charge on any atom is -0.506 e. The van der Waals surface area contributed by atoms with E-state index < -0.39 is 29.4 Å². The second-order valence-corrected chi connectivity index (χ2v) is 12.2. The Kier molecular flexibility index (Phi) is 12.0. The van der Waals surface area contributed by atoms with Crippen molar-refractivity contribution in [2.45, 2.75) is 97.8 Å². The molecular weight excluding hydrogens is 585 g/mol. The van der Waals surface area contributed by atoms with Gasteiger partial charge >= 0.3 is 0 Å². The first-order valence-electron chi connectivity index (χ1n) is 16.5. The molecule has 2 saturated heterocycles. The van der Waals surface area contributed by atoms with Crippen molar-refractivity contribution in [1.82, 2.24) is 0 Å². The Balaban J connectivity index is 1.60. The number of piperidine rings is 1. The number of halogens is 3. The molecule has 2 aliphatic rings. The number of carbonyl (C=O) groups is 1. The van der Waals surface area contributed by atoms with Gasteiger partial charge in [0.1, 0.15) is 17.3 Å². The number of methoxy groups -OCH3 is 1. The number of phenolic OH excluding ortho intramolecular Hbond substituents is 1. The number of phenols is 1. The van der Waals surface area contributed by atoms with Gasteiger partial charge in [-0.2, -0.15) is 0 Å². The standard InChI is InChI=1S/C35H49F3N2O5/c1-6-10-18-44-33(45-19-11-7-2)23-14-16-39(17-15-23)28-22-30(43-5)25(21-26(28)36)31-35(8-3,9-4)34(42)40(31)27-13-12-24(32(37)38)20-29(27)41/h12-13,20-23,31-33,41H,6-11,14-19H2,1-5H3/t31-/m0/s1.